The van der Waals surface area contributed by atoms with Crippen LogP contribution in [0, 0.1) is 5.92 Å². The molecule has 0 fully saturated rings. The van der Waals surface area contributed by atoms with Gasteiger partial charge >= 0.3 is 0 Å². The van der Waals surface area contributed by atoms with Crippen molar-refractivity contribution < 1.29 is 5.11 Å². The van der Waals surface area contributed by atoms with Gasteiger partial charge in [0.2, 0.25) is 0 Å². The van der Waals surface area contributed by atoms with Gasteiger partial charge in [-0.2, -0.15) is 0 Å². The lowest BCUT2D eigenvalue weighted by Crippen LogP contribution is -2.33. The molecule has 2 atom stereocenters. The molecular weight excluding hydrogens is 198 g/mol. The highest BCUT2D eigenvalue weighted by molar-refractivity contribution is 5.27. The van der Waals surface area contributed by atoms with Crippen LogP contribution in [0.4, 0.5) is 0 Å². The molecule has 2 nitrogen and oxygen atoms in total. The first kappa shape index (κ1) is 13.0. The number of phenols is 1. The molecule has 1 aromatic carbocycles. The molecule has 0 amide bonds. The fourth-order valence-electron chi connectivity index (χ4n) is 1.81. The summed E-state index contributed by atoms with van der Waals surface area (Å²) < 4.78 is 0. The Bertz CT molecular complexity index is 311. The van der Waals surface area contributed by atoms with Gasteiger partial charge in [-0.05, 0) is 49.9 Å². The van der Waals surface area contributed by atoms with Crippen molar-refractivity contribution in [3.8, 4) is 5.75 Å². The lowest BCUT2D eigenvalue weighted by Gasteiger charge is -2.21. The zero-order valence-corrected chi connectivity index (χ0v) is 10.5. The molecule has 16 heavy (non-hydrogen) atoms. The zero-order chi connectivity index (χ0) is 12.0. The second-order valence-corrected chi connectivity index (χ2v) is 4.59. The van der Waals surface area contributed by atoms with Crippen LogP contribution in [-0.2, 0) is 6.42 Å². The molecular formula is C14H23NO. The lowest BCUT2D eigenvalue weighted by atomic mass is 9.95. The summed E-state index contributed by atoms with van der Waals surface area (Å²) in [5.41, 5.74) is 1.21. The van der Waals surface area contributed by atoms with Crippen molar-refractivity contribution >= 4 is 0 Å². The fraction of sp³-hybridized carbons (Fsp3) is 0.571. The van der Waals surface area contributed by atoms with Crippen LogP contribution in [0.25, 0.3) is 0 Å². The summed E-state index contributed by atoms with van der Waals surface area (Å²) in [6.07, 6.45) is 2.18. The molecule has 0 bridgehead atoms. The first-order chi connectivity index (χ1) is 7.63. The summed E-state index contributed by atoms with van der Waals surface area (Å²) >= 11 is 0. The molecule has 2 heteroatoms. The summed E-state index contributed by atoms with van der Waals surface area (Å²) in [5.74, 6) is 0.937. The van der Waals surface area contributed by atoms with E-state index in [0.717, 1.165) is 13.0 Å². The Kier molecular flexibility index (Phi) is 5.33. The third-order valence-corrected chi connectivity index (χ3v) is 3.04. The van der Waals surface area contributed by atoms with Crippen molar-refractivity contribution in [1.29, 1.82) is 0 Å². The minimum atomic E-state index is 0.360. The Balaban J connectivity index is 2.47. The first-order valence-electron chi connectivity index (χ1n) is 6.14. The Morgan fingerprint density at radius 2 is 2.06 bits per heavy atom. The first-order valence-corrected chi connectivity index (χ1v) is 6.14. The Labute approximate surface area is 98.7 Å². The predicted molar refractivity (Wildman–Crippen MR) is 68.7 cm³/mol. The number of hydrogen-bond donors (Lipinski definition) is 2. The van der Waals surface area contributed by atoms with Gasteiger partial charge in [0.15, 0.2) is 0 Å². The van der Waals surface area contributed by atoms with E-state index in [1.54, 1.807) is 6.07 Å². The molecule has 2 unspecified atom stereocenters. The fourth-order valence-corrected chi connectivity index (χ4v) is 1.81. The van der Waals surface area contributed by atoms with E-state index >= 15 is 0 Å². The van der Waals surface area contributed by atoms with Gasteiger partial charge in [-0.1, -0.05) is 26.0 Å². The van der Waals surface area contributed by atoms with Crippen LogP contribution < -0.4 is 5.32 Å². The van der Waals surface area contributed by atoms with E-state index in [2.05, 4.69) is 32.2 Å². The molecule has 0 saturated carbocycles. The van der Waals surface area contributed by atoms with Crippen molar-refractivity contribution in [2.45, 2.75) is 39.7 Å². The highest BCUT2D eigenvalue weighted by atomic mass is 16.3. The van der Waals surface area contributed by atoms with Gasteiger partial charge < -0.3 is 10.4 Å². The third-order valence-electron chi connectivity index (χ3n) is 3.04. The molecule has 0 aliphatic rings. The van der Waals surface area contributed by atoms with E-state index in [1.165, 1.54) is 12.0 Å². The molecule has 0 aromatic heterocycles. The number of aromatic hydroxyl groups is 1. The van der Waals surface area contributed by atoms with Gasteiger partial charge in [-0.15, -0.1) is 0 Å². The molecule has 0 aliphatic carbocycles. The van der Waals surface area contributed by atoms with Crippen LogP contribution in [0.3, 0.4) is 0 Å². The maximum absolute atomic E-state index is 9.39. The maximum Gasteiger partial charge on any atom is 0.115 e. The average Bonchev–Trinajstić information content (AvgIpc) is 2.25. The average molecular weight is 221 g/mol. The molecule has 0 radical (unpaired) electrons. The highest BCUT2D eigenvalue weighted by Crippen LogP contribution is 2.16. The standard InChI is InChI=1S/C14H23NO/c1-4-8-15-12(3)11(2)9-13-6-5-7-14(16)10-13/h5-7,10-12,15-16H,4,8-9H2,1-3H3. The predicted octanol–water partition coefficient (Wildman–Crippen LogP) is 2.96. The SMILES string of the molecule is CCCNC(C)C(C)Cc1cccc(O)c1. The maximum atomic E-state index is 9.39. The number of benzene rings is 1. The van der Waals surface area contributed by atoms with Crippen LogP contribution in [0.5, 0.6) is 5.75 Å². The molecule has 2 N–H and O–H groups in total. The quantitative estimate of drug-likeness (QED) is 0.774. The Morgan fingerprint density at radius 3 is 2.69 bits per heavy atom. The molecule has 1 aromatic rings. The number of rotatable bonds is 6. The van der Waals surface area contributed by atoms with Crippen LogP contribution in [0.1, 0.15) is 32.8 Å². The van der Waals surface area contributed by atoms with E-state index < -0.39 is 0 Å². The zero-order valence-electron chi connectivity index (χ0n) is 10.5. The smallest absolute Gasteiger partial charge is 0.115 e. The molecule has 0 aliphatic heterocycles. The Morgan fingerprint density at radius 1 is 1.31 bits per heavy atom. The molecule has 90 valence electrons. The van der Waals surface area contributed by atoms with Gasteiger partial charge in [-0.3, -0.25) is 0 Å². The molecule has 1 rings (SSSR count). The van der Waals surface area contributed by atoms with Crippen molar-refractivity contribution in [1.82, 2.24) is 5.32 Å². The highest BCUT2D eigenvalue weighted by Gasteiger charge is 2.11. The molecule has 0 heterocycles. The third kappa shape index (κ3) is 4.23. The summed E-state index contributed by atoms with van der Waals surface area (Å²) in [6, 6.07) is 8.06. The van der Waals surface area contributed by atoms with Gasteiger partial charge in [0.1, 0.15) is 5.75 Å². The van der Waals surface area contributed by atoms with Gasteiger partial charge in [0, 0.05) is 6.04 Å². The lowest BCUT2D eigenvalue weighted by molar-refractivity contribution is 0.398. The van der Waals surface area contributed by atoms with E-state index in [4.69, 9.17) is 0 Å². The van der Waals surface area contributed by atoms with E-state index in [1.807, 2.05) is 12.1 Å². The van der Waals surface area contributed by atoms with Crippen LogP contribution >= 0.6 is 0 Å². The molecule has 0 saturated heterocycles. The second kappa shape index (κ2) is 6.54. The van der Waals surface area contributed by atoms with Crippen molar-refractivity contribution in [2.24, 2.45) is 5.92 Å². The largest absolute Gasteiger partial charge is 0.508 e. The van der Waals surface area contributed by atoms with E-state index in [-0.39, 0.29) is 0 Å². The van der Waals surface area contributed by atoms with E-state index in [9.17, 15) is 5.11 Å². The normalized spacial score (nSPS) is 14.7. The van der Waals surface area contributed by atoms with Crippen molar-refractivity contribution in [3.05, 3.63) is 29.8 Å². The minimum absolute atomic E-state index is 0.360. The van der Waals surface area contributed by atoms with Gasteiger partial charge in [0.05, 0.1) is 0 Å². The summed E-state index contributed by atoms with van der Waals surface area (Å²) in [6.45, 7) is 7.73. The summed E-state index contributed by atoms with van der Waals surface area (Å²) in [7, 11) is 0. The topological polar surface area (TPSA) is 32.3 Å². The van der Waals surface area contributed by atoms with Gasteiger partial charge in [0.25, 0.3) is 0 Å². The number of hydrogen-bond acceptors (Lipinski definition) is 2. The monoisotopic (exact) mass is 221 g/mol. The second-order valence-electron chi connectivity index (χ2n) is 4.59. The molecule has 0 spiro atoms. The van der Waals surface area contributed by atoms with Crippen LogP contribution in [0.2, 0.25) is 0 Å². The van der Waals surface area contributed by atoms with Crippen molar-refractivity contribution in [3.63, 3.8) is 0 Å². The number of phenolic OH excluding ortho intramolecular Hbond substituents is 1. The summed E-state index contributed by atoms with van der Waals surface area (Å²) in [4.78, 5) is 0. The summed E-state index contributed by atoms with van der Waals surface area (Å²) in [5, 5.41) is 12.9. The van der Waals surface area contributed by atoms with Crippen LogP contribution in [-0.4, -0.2) is 17.7 Å². The van der Waals surface area contributed by atoms with Crippen LogP contribution in [0.15, 0.2) is 24.3 Å². The minimum Gasteiger partial charge on any atom is -0.508 e. The van der Waals surface area contributed by atoms with Gasteiger partial charge in [-0.25, -0.2) is 0 Å². The number of nitrogens with one attached hydrogen (secondary N) is 1. The van der Waals surface area contributed by atoms with E-state index in [0.29, 0.717) is 17.7 Å². The van der Waals surface area contributed by atoms with Crippen molar-refractivity contribution in [2.75, 3.05) is 6.54 Å². The Hall–Kier alpha value is -1.02.